The highest BCUT2D eigenvalue weighted by Crippen LogP contribution is 2.14. The maximum absolute atomic E-state index is 13.0. The third-order valence-corrected chi connectivity index (χ3v) is 4.57. The summed E-state index contributed by atoms with van der Waals surface area (Å²) in [6.45, 7) is 6.65. The summed E-state index contributed by atoms with van der Waals surface area (Å²) in [5.74, 6) is 0.258. The van der Waals surface area contributed by atoms with Gasteiger partial charge in [-0.15, -0.1) is 0 Å². The molecule has 1 N–H and O–H groups in total. The van der Waals surface area contributed by atoms with Gasteiger partial charge in [-0.25, -0.2) is 14.2 Å². The molecule has 0 saturated carbocycles. The monoisotopic (exact) mass is 378 g/mol. The molecule has 1 aliphatic carbocycles. The van der Waals surface area contributed by atoms with Crippen molar-refractivity contribution in [1.29, 1.82) is 0 Å². The Kier molecular flexibility index (Phi) is 6.09. The number of nitrogens with one attached hydrogen (secondary N) is 1. The zero-order chi connectivity index (χ0) is 20.1. The Balaban J connectivity index is 2.07. The van der Waals surface area contributed by atoms with Crippen molar-refractivity contribution in [3.63, 3.8) is 0 Å². The zero-order valence-electron chi connectivity index (χ0n) is 16.6. The molecule has 0 spiro atoms. The van der Waals surface area contributed by atoms with Crippen LogP contribution in [0.25, 0.3) is 0 Å². The van der Waals surface area contributed by atoms with Crippen LogP contribution in [0.2, 0.25) is 0 Å². The topological polar surface area (TPSA) is 68.9 Å². The second kappa shape index (κ2) is 8.69. The summed E-state index contributed by atoms with van der Waals surface area (Å²) in [7, 11) is 0. The number of benzene rings is 1. The molecule has 2 aromatic rings. The van der Waals surface area contributed by atoms with Crippen LogP contribution in [-0.2, 0) is 13.1 Å². The van der Waals surface area contributed by atoms with E-state index in [1.807, 2.05) is 63.3 Å². The molecule has 0 fully saturated rings. The molecule has 6 nitrogen and oxygen atoms in total. The smallest absolute Gasteiger partial charge is 0.325 e. The van der Waals surface area contributed by atoms with Crippen molar-refractivity contribution in [3.05, 3.63) is 91.9 Å². The first-order chi connectivity index (χ1) is 13.5. The first kappa shape index (κ1) is 19.6. The quantitative estimate of drug-likeness (QED) is 0.837. The Morgan fingerprint density at radius 3 is 2.57 bits per heavy atom. The van der Waals surface area contributed by atoms with E-state index in [4.69, 9.17) is 0 Å². The molecule has 1 aliphatic rings. The van der Waals surface area contributed by atoms with E-state index in [9.17, 15) is 9.59 Å². The van der Waals surface area contributed by atoms with Gasteiger partial charge in [0.25, 0.3) is 0 Å². The lowest BCUT2D eigenvalue weighted by Gasteiger charge is -2.16. The summed E-state index contributed by atoms with van der Waals surface area (Å²) >= 11 is 0. The van der Waals surface area contributed by atoms with E-state index < -0.39 is 5.69 Å². The second-order valence-corrected chi connectivity index (χ2v) is 7.03. The minimum Gasteiger partial charge on any atom is -0.325 e. The molecule has 0 radical (unpaired) electrons. The number of hydrogen-bond acceptors (Lipinski definition) is 4. The lowest BCUT2D eigenvalue weighted by molar-refractivity contribution is 0.546. The van der Waals surface area contributed by atoms with Gasteiger partial charge in [-0.05, 0) is 44.4 Å². The molecular formula is C22H26N4O2. The molecule has 1 aromatic heterocycles. The van der Waals surface area contributed by atoms with E-state index >= 15 is 0 Å². The van der Waals surface area contributed by atoms with E-state index in [0.29, 0.717) is 19.5 Å². The molecule has 0 bridgehead atoms. The fourth-order valence-electron chi connectivity index (χ4n) is 3.07. The summed E-state index contributed by atoms with van der Waals surface area (Å²) in [6, 6.07) is 7.98. The molecule has 1 aromatic carbocycles. The summed E-state index contributed by atoms with van der Waals surface area (Å²) in [4.78, 5) is 29.6. The second-order valence-electron chi connectivity index (χ2n) is 7.03. The van der Waals surface area contributed by atoms with Gasteiger partial charge in [0.1, 0.15) is 0 Å². The number of nitrogens with zero attached hydrogens (tertiary/aromatic N) is 3. The highest BCUT2D eigenvalue weighted by Gasteiger charge is 2.14. The van der Waals surface area contributed by atoms with Crippen molar-refractivity contribution in [2.45, 2.75) is 46.7 Å². The summed E-state index contributed by atoms with van der Waals surface area (Å²) in [5, 5.41) is 3.17. The first-order valence-electron chi connectivity index (χ1n) is 9.57. The van der Waals surface area contributed by atoms with E-state index in [1.165, 1.54) is 9.13 Å². The van der Waals surface area contributed by atoms with Gasteiger partial charge in [-0.3, -0.25) is 4.57 Å². The largest absolute Gasteiger partial charge is 0.354 e. The molecule has 146 valence electrons. The average molecular weight is 378 g/mol. The SMILES string of the molecule is CCCn1c(=O)nc(NC2=CC(C)=CCC=C2)n(Cc2ccc(C)cc2)c1=O. The first-order valence-corrected chi connectivity index (χ1v) is 9.57. The van der Waals surface area contributed by atoms with Crippen molar-refractivity contribution < 1.29 is 0 Å². The fourth-order valence-corrected chi connectivity index (χ4v) is 3.07. The van der Waals surface area contributed by atoms with Gasteiger partial charge in [0, 0.05) is 12.2 Å². The van der Waals surface area contributed by atoms with Crippen LogP contribution < -0.4 is 16.7 Å². The highest BCUT2D eigenvalue weighted by atomic mass is 16.2. The molecule has 0 aliphatic heterocycles. The van der Waals surface area contributed by atoms with Crippen molar-refractivity contribution in [3.8, 4) is 0 Å². The minimum absolute atomic E-state index is 0.258. The van der Waals surface area contributed by atoms with Crippen LogP contribution in [0.3, 0.4) is 0 Å². The Bertz CT molecular complexity index is 1050. The van der Waals surface area contributed by atoms with E-state index in [0.717, 1.165) is 28.8 Å². The Hall–Kier alpha value is -3.15. The van der Waals surface area contributed by atoms with Crippen LogP contribution in [-0.4, -0.2) is 14.1 Å². The van der Waals surface area contributed by atoms with Gasteiger partial charge in [0.05, 0.1) is 6.54 Å². The van der Waals surface area contributed by atoms with Gasteiger partial charge < -0.3 is 5.32 Å². The number of aromatic nitrogens is 3. The standard InChI is InChI=1S/C22H26N4O2/c1-4-13-25-21(27)24-20(23-19-8-6-5-7-17(3)14-19)26(22(25)28)15-18-11-9-16(2)10-12-18/h6-12,14H,4-5,13,15H2,1-3H3,(H,23,24,27). The van der Waals surface area contributed by atoms with Crippen molar-refractivity contribution in [2.24, 2.45) is 0 Å². The number of hydrogen-bond donors (Lipinski definition) is 1. The molecule has 0 amide bonds. The Morgan fingerprint density at radius 2 is 1.86 bits per heavy atom. The predicted octanol–water partition coefficient (Wildman–Crippen LogP) is 3.37. The van der Waals surface area contributed by atoms with Crippen molar-refractivity contribution in [1.82, 2.24) is 14.1 Å². The molecule has 28 heavy (non-hydrogen) atoms. The Morgan fingerprint density at radius 1 is 1.11 bits per heavy atom. The van der Waals surface area contributed by atoms with Crippen LogP contribution in [0, 0.1) is 6.92 Å². The Labute approximate surface area is 164 Å². The van der Waals surface area contributed by atoms with Crippen molar-refractivity contribution in [2.75, 3.05) is 5.32 Å². The van der Waals surface area contributed by atoms with E-state index in [1.54, 1.807) is 0 Å². The molecule has 0 atom stereocenters. The minimum atomic E-state index is -0.528. The molecule has 1 heterocycles. The van der Waals surface area contributed by atoms with Gasteiger partial charge in [0.2, 0.25) is 5.95 Å². The van der Waals surface area contributed by atoms with E-state index in [-0.39, 0.29) is 11.6 Å². The molecule has 0 unspecified atom stereocenters. The van der Waals surface area contributed by atoms with Gasteiger partial charge in [-0.1, -0.05) is 54.5 Å². The molecule has 3 rings (SSSR count). The normalized spacial score (nSPS) is 13.7. The third-order valence-electron chi connectivity index (χ3n) is 4.57. The maximum atomic E-state index is 13.0. The number of aryl methyl sites for hydroxylation is 1. The lowest BCUT2D eigenvalue weighted by atomic mass is 10.1. The van der Waals surface area contributed by atoms with Crippen LogP contribution >= 0.6 is 0 Å². The van der Waals surface area contributed by atoms with Crippen LogP contribution in [0.5, 0.6) is 0 Å². The maximum Gasteiger partial charge on any atom is 0.354 e. The summed E-state index contributed by atoms with van der Waals surface area (Å²) < 4.78 is 2.72. The van der Waals surface area contributed by atoms with E-state index in [2.05, 4.69) is 16.4 Å². The van der Waals surface area contributed by atoms with Gasteiger partial charge in [0.15, 0.2) is 0 Å². The average Bonchev–Trinajstić information content (AvgIpc) is 2.87. The van der Waals surface area contributed by atoms with Gasteiger partial charge in [-0.2, -0.15) is 4.98 Å². The highest BCUT2D eigenvalue weighted by molar-refractivity contribution is 5.45. The molecule has 6 heteroatoms. The zero-order valence-corrected chi connectivity index (χ0v) is 16.6. The number of rotatable bonds is 6. The van der Waals surface area contributed by atoms with Crippen LogP contribution in [0.4, 0.5) is 5.95 Å². The summed E-state index contributed by atoms with van der Waals surface area (Å²) in [6.07, 6.45) is 9.57. The molecule has 0 saturated heterocycles. The summed E-state index contributed by atoms with van der Waals surface area (Å²) in [5.41, 5.74) is 3.15. The van der Waals surface area contributed by atoms with Crippen LogP contribution in [0.15, 0.2) is 69.4 Å². The fraction of sp³-hybridized carbons (Fsp3) is 0.318. The van der Waals surface area contributed by atoms with Crippen LogP contribution in [0.1, 0.15) is 37.8 Å². The van der Waals surface area contributed by atoms with Gasteiger partial charge >= 0.3 is 11.4 Å². The lowest BCUT2D eigenvalue weighted by Crippen LogP contribution is -2.42. The number of anilines is 1. The predicted molar refractivity (Wildman–Crippen MR) is 113 cm³/mol. The molecular weight excluding hydrogens is 352 g/mol. The third kappa shape index (κ3) is 4.57. The van der Waals surface area contributed by atoms with Crippen molar-refractivity contribution >= 4 is 5.95 Å². The number of allylic oxidation sites excluding steroid dienone is 5.